The molecule has 4 nitrogen and oxygen atoms in total. The third kappa shape index (κ3) is 3.62. The number of thiophene rings is 1. The number of sulfonamides is 1. The van der Waals surface area contributed by atoms with E-state index in [9.17, 15) is 8.42 Å². The SMILES string of the molecule is Cc1sc(Br)cc1S(=O)(=O)N1CCN(CC(C)C)CC1. The minimum atomic E-state index is -3.34. The van der Waals surface area contributed by atoms with E-state index in [1.54, 1.807) is 10.4 Å². The van der Waals surface area contributed by atoms with Crippen LogP contribution in [0.4, 0.5) is 0 Å². The molecule has 0 atom stereocenters. The normalized spacial score (nSPS) is 18.9. The molecule has 0 spiro atoms. The molecular weight excluding hydrogens is 360 g/mol. The van der Waals surface area contributed by atoms with E-state index in [0.717, 1.165) is 28.3 Å². The standard InChI is InChI=1S/C13H21BrN2O2S2/c1-10(2)9-15-4-6-16(7-5-15)20(17,18)12-8-13(14)19-11(12)3/h8,10H,4-7,9H2,1-3H3. The molecular formula is C13H21BrN2O2S2. The predicted octanol–water partition coefficient (Wildman–Crippen LogP) is 2.78. The van der Waals surface area contributed by atoms with Gasteiger partial charge in [-0.1, -0.05) is 13.8 Å². The predicted molar refractivity (Wildman–Crippen MR) is 86.8 cm³/mol. The van der Waals surface area contributed by atoms with Crippen molar-refractivity contribution in [2.45, 2.75) is 25.7 Å². The Balaban J connectivity index is 2.08. The minimum Gasteiger partial charge on any atom is -0.300 e. The molecule has 2 rings (SSSR count). The van der Waals surface area contributed by atoms with Crippen LogP contribution in [0.25, 0.3) is 0 Å². The fraction of sp³-hybridized carbons (Fsp3) is 0.692. The van der Waals surface area contributed by atoms with Gasteiger partial charge in [0.05, 0.1) is 8.68 Å². The van der Waals surface area contributed by atoms with Crippen LogP contribution in [0.2, 0.25) is 0 Å². The summed E-state index contributed by atoms with van der Waals surface area (Å²) >= 11 is 4.83. The van der Waals surface area contributed by atoms with Gasteiger partial charge in [0.1, 0.15) is 0 Å². The van der Waals surface area contributed by atoms with E-state index in [0.29, 0.717) is 23.9 Å². The molecule has 0 N–H and O–H groups in total. The molecule has 0 aromatic carbocycles. The second-order valence-corrected chi connectivity index (χ2v) is 10.1. The summed E-state index contributed by atoms with van der Waals surface area (Å²) in [7, 11) is -3.34. The number of nitrogens with zero attached hydrogens (tertiary/aromatic N) is 2. The molecule has 0 amide bonds. The maximum atomic E-state index is 12.6. The van der Waals surface area contributed by atoms with Crippen molar-refractivity contribution in [1.82, 2.24) is 9.21 Å². The average molecular weight is 381 g/mol. The van der Waals surface area contributed by atoms with Crippen molar-refractivity contribution in [3.05, 3.63) is 14.7 Å². The monoisotopic (exact) mass is 380 g/mol. The van der Waals surface area contributed by atoms with E-state index in [1.165, 1.54) is 11.3 Å². The molecule has 0 bridgehead atoms. The molecule has 1 saturated heterocycles. The van der Waals surface area contributed by atoms with Crippen LogP contribution in [-0.4, -0.2) is 50.3 Å². The van der Waals surface area contributed by atoms with Crippen LogP contribution < -0.4 is 0 Å². The van der Waals surface area contributed by atoms with Gasteiger partial charge in [-0.05, 0) is 34.8 Å². The van der Waals surface area contributed by atoms with Gasteiger partial charge in [0.25, 0.3) is 0 Å². The van der Waals surface area contributed by atoms with E-state index in [2.05, 4.69) is 34.7 Å². The van der Waals surface area contributed by atoms with E-state index in [1.807, 2.05) is 6.92 Å². The lowest BCUT2D eigenvalue weighted by Crippen LogP contribution is -2.49. The first-order chi connectivity index (χ1) is 9.30. The minimum absolute atomic E-state index is 0.451. The van der Waals surface area contributed by atoms with E-state index in [-0.39, 0.29) is 0 Å². The Labute approximate surface area is 133 Å². The van der Waals surface area contributed by atoms with Crippen LogP contribution in [0.1, 0.15) is 18.7 Å². The highest BCUT2D eigenvalue weighted by molar-refractivity contribution is 9.11. The second-order valence-electron chi connectivity index (χ2n) is 5.57. The Hall–Kier alpha value is 0.0500. The molecule has 1 fully saturated rings. The maximum absolute atomic E-state index is 12.6. The lowest BCUT2D eigenvalue weighted by Gasteiger charge is -2.34. The molecule has 114 valence electrons. The average Bonchev–Trinajstić information content (AvgIpc) is 2.69. The zero-order valence-corrected chi connectivity index (χ0v) is 15.3. The fourth-order valence-corrected chi connectivity index (χ4v) is 6.30. The highest BCUT2D eigenvalue weighted by Gasteiger charge is 2.30. The summed E-state index contributed by atoms with van der Waals surface area (Å²) in [4.78, 5) is 3.64. The molecule has 1 aromatic rings. The van der Waals surface area contributed by atoms with Crippen LogP contribution in [0.5, 0.6) is 0 Å². The molecule has 0 aliphatic carbocycles. The third-order valence-electron chi connectivity index (χ3n) is 3.41. The summed E-state index contributed by atoms with van der Waals surface area (Å²) in [6, 6.07) is 1.72. The van der Waals surface area contributed by atoms with Gasteiger partial charge < -0.3 is 4.90 Å². The summed E-state index contributed by atoms with van der Waals surface area (Å²) in [6.45, 7) is 10.1. The fourth-order valence-electron chi connectivity index (χ4n) is 2.49. The number of hydrogen-bond donors (Lipinski definition) is 0. The van der Waals surface area contributed by atoms with Gasteiger partial charge in [-0.3, -0.25) is 0 Å². The van der Waals surface area contributed by atoms with Crippen molar-refractivity contribution in [2.75, 3.05) is 32.7 Å². The van der Waals surface area contributed by atoms with Crippen molar-refractivity contribution in [1.29, 1.82) is 0 Å². The lowest BCUT2D eigenvalue weighted by molar-refractivity contribution is 0.172. The van der Waals surface area contributed by atoms with Gasteiger partial charge in [0.15, 0.2) is 0 Å². The molecule has 1 aromatic heterocycles. The molecule has 0 unspecified atom stereocenters. The van der Waals surface area contributed by atoms with Gasteiger partial charge in [-0.2, -0.15) is 4.31 Å². The van der Waals surface area contributed by atoms with Gasteiger partial charge in [-0.25, -0.2) is 8.42 Å². The van der Waals surface area contributed by atoms with Crippen LogP contribution in [0.15, 0.2) is 14.7 Å². The Morgan fingerprint density at radius 1 is 1.30 bits per heavy atom. The molecule has 0 saturated carbocycles. The van der Waals surface area contributed by atoms with Crippen molar-refractivity contribution >= 4 is 37.3 Å². The number of hydrogen-bond acceptors (Lipinski definition) is 4. The Bertz CT molecular complexity index is 561. The van der Waals surface area contributed by atoms with Gasteiger partial charge >= 0.3 is 0 Å². The van der Waals surface area contributed by atoms with E-state index in [4.69, 9.17) is 0 Å². The topological polar surface area (TPSA) is 40.6 Å². The first-order valence-electron chi connectivity index (χ1n) is 6.79. The van der Waals surface area contributed by atoms with Crippen LogP contribution in [0, 0.1) is 12.8 Å². The molecule has 20 heavy (non-hydrogen) atoms. The molecule has 7 heteroatoms. The summed E-state index contributed by atoms with van der Waals surface area (Å²) in [5.41, 5.74) is 0. The van der Waals surface area contributed by atoms with Crippen molar-refractivity contribution < 1.29 is 8.42 Å². The zero-order chi connectivity index (χ0) is 14.9. The van der Waals surface area contributed by atoms with Crippen molar-refractivity contribution in [3.8, 4) is 0 Å². The van der Waals surface area contributed by atoms with Crippen LogP contribution >= 0.6 is 27.3 Å². The Morgan fingerprint density at radius 3 is 2.35 bits per heavy atom. The van der Waals surface area contributed by atoms with Crippen LogP contribution in [-0.2, 0) is 10.0 Å². The Morgan fingerprint density at radius 2 is 1.90 bits per heavy atom. The smallest absolute Gasteiger partial charge is 0.244 e. The van der Waals surface area contributed by atoms with Gasteiger partial charge in [0, 0.05) is 37.6 Å². The quantitative estimate of drug-likeness (QED) is 0.805. The second kappa shape index (κ2) is 6.44. The van der Waals surface area contributed by atoms with E-state index < -0.39 is 10.0 Å². The van der Waals surface area contributed by atoms with Crippen molar-refractivity contribution in [2.24, 2.45) is 5.92 Å². The summed E-state index contributed by atoms with van der Waals surface area (Å²) < 4.78 is 27.8. The highest BCUT2D eigenvalue weighted by Crippen LogP contribution is 2.31. The first kappa shape index (κ1) is 16.4. The Kier molecular flexibility index (Phi) is 5.29. The number of piperazine rings is 1. The van der Waals surface area contributed by atoms with E-state index >= 15 is 0 Å². The van der Waals surface area contributed by atoms with Crippen molar-refractivity contribution in [3.63, 3.8) is 0 Å². The summed E-state index contributed by atoms with van der Waals surface area (Å²) in [5, 5.41) is 0. The molecule has 2 heterocycles. The van der Waals surface area contributed by atoms with Gasteiger partial charge in [-0.15, -0.1) is 11.3 Å². The van der Waals surface area contributed by atoms with Crippen LogP contribution in [0.3, 0.4) is 0 Å². The highest BCUT2D eigenvalue weighted by atomic mass is 79.9. The number of halogens is 1. The first-order valence-corrected chi connectivity index (χ1v) is 9.84. The summed E-state index contributed by atoms with van der Waals surface area (Å²) in [5.74, 6) is 0.619. The molecule has 0 radical (unpaired) electrons. The summed E-state index contributed by atoms with van der Waals surface area (Å²) in [6.07, 6.45) is 0. The number of rotatable bonds is 4. The lowest BCUT2D eigenvalue weighted by atomic mass is 10.2. The molecule has 1 aliphatic rings. The number of aryl methyl sites for hydroxylation is 1. The van der Waals surface area contributed by atoms with Gasteiger partial charge in [0.2, 0.25) is 10.0 Å². The third-order valence-corrected chi connectivity index (χ3v) is 7.12. The largest absolute Gasteiger partial charge is 0.300 e. The molecule has 1 aliphatic heterocycles. The zero-order valence-electron chi connectivity index (χ0n) is 12.1. The maximum Gasteiger partial charge on any atom is 0.244 e.